The minimum absolute atomic E-state index is 0.00235. The Morgan fingerprint density at radius 3 is 2.42 bits per heavy atom. The highest BCUT2D eigenvalue weighted by atomic mass is 35.5. The first-order valence-electron chi connectivity index (χ1n) is 6.93. The van der Waals surface area contributed by atoms with Gasteiger partial charge in [0.15, 0.2) is 10.8 Å². The van der Waals surface area contributed by atoms with E-state index in [2.05, 4.69) is 21.6 Å². The number of carbonyl (C=O) groups excluding carboxylic acids is 1. The molecule has 0 unspecified atom stereocenters. The van der Waals surface area contributed by atoms with Gasteiger partial charge in [0.25, 0.3) is 5.91 Å². The summed E-state index contributed by atoms with van der Waals surface area (Å²) < 4.78 is 0. The van der Waals surface area contributed by atoms with Crippen LogP contribution in [-0.4, -0.2) is 17.1 Å². The molecule has 8 heteroatoms. The largest absolute Gasteiger partial charge is 0.396 e. The van der Waals surface area contributed by atoms with E-state index >= 15 is 0 Å². The number of carbonyl (C=O) groups is 1. The normalized spacial score (nSPS) is 11.1. The maximum atomic E-state index is 12.1. The molecule has 0 bridgehead atoms. The Labute approximate surface area is 154 Å². The number of benzene rings is 1. The van der Waals surface area contributed by atoms with Crippen LogP contribution in [0.5, 0.6) is 0 Å². The number of anilines is 1. The summed E-state index contributed by atoms with van der Waals surface area (Å²) in [5.41, 5.74) is 12.2. The van der Waals surface area contributed by atoms with Gasteiger partial charge in [0.05, 0.1) is 16.9 Å². The molecule has 2 rings (SSSR count). The number of hydrogen-bond acceptors (Lipinski definition) is 4. The zero-order chi connectivity index (χ0) is 18.0. The maximum Gasteiger partial charge on any atom is 0.291 e. The minimum Gasteiger partial charge on any atom is -0.396 e. The fraction of sp³-hybridized carbons (Fsp3) is 0.188. The summed E-state index contributed by atoms with van der Waals surface area (Å²) in [5.74, 6) is -0.636. The van der Waals surface area contributed by atoms with E-state index in [1.54, 1.807) is 6.21 Å². The molecule has 0 fully saturated rings. The van der Waals surface area contributed by atoms with Gasteiger partial charge in [-0.25, -0.2) is 10.4 Å². The first-order chi connectivity index (χ1) is 11.2. The molecule has 0 spiro atoms. The summed E-state index contributed by atoms with van der Waals surface area (Å²) >= 11 is 17.6. The molecule has 1 aromatic carbocycles. The highest BCUT2D eigenvalue weighted by molar-refractivity contribution is 6.46. The number of hydrazone groups is 1. The van der Waals surface area contributed by atoms with Crippen LogP contribution in [-0.2, 0) is 0 Å². The van der Waals surface area contributed by atoms with Crippen molar-refractivity contribution in [2.24, 2.45) is 5.10 Å². The van der Waals surface area contributed by atoms with Gasteiger partial charge in [0.1, 0.15) is 5.02 Å². The lowest BCUT2D eigenvalue weighted by atomic mass is 10.0. The van der Waals surface area contributed by atoms with Crippen molar-refractivity contribution >= 4 is 52.6 Å². The van der Waals surface area contributed by atoms with E-state index in [9.17, 15) is 4.79 Å². The van der Waals surface area contributed by atoms with Crippen LogP contribution < -0.4 is 11.2 Å². The average molecular weight is 386 g/mol. The fourth-order valence-electron chi connectivity index (χ4n) is 2.02. The SMILES string of the molecule is Cc1cc(C)c(/C=N\NC(=O)c2nc(Cl)c(Cl)c(N)c2Cl)cc1C. The van der Waals surface area contributed by atoms with Gasteiger partial charge in [0.2, 0.25) is 0 Å². The number of nitrogens with one attached hydrogen (secondary N) is 1. The highest BCUT2D eigenvalue weighted by Gasteiger charge is 2.19. The lowest BCUT2D eigenvalue weighted by Crippen LogP contribution is -2.20. The summed E-state index contributed by atoms with van der Waals surface area (Å²) in [6, 6.07) is 4.04. The molecule has 0 radical (unpaired) electrons. The van der Waals surface area contributed by atoms with Gasteiger partial charge in [-0.15, -0.1) is 0 Å². The Bertz CT molecular complexity index is 850. The van der Waals surface area contributed by atoms with Crippen molar-refractivity contribution in [1.82, 2.24) is 10.4 Å². The number of pyridine rings is 1. The Morgan fingerprint density at radius 1 is 1.12 bits per heavy atom. The molecule has 0 aliphatic rings. The molecular weight excluding hydrogens is 371 g/mol. The van der Waals surface area contributed by atoms with E-state index < -0.39 is 5.91 Å². The Hall–Kier alpha value is -1.82. The fourth-order valence-corrected chi connectivity index (χ4v) is 2.61. The predicted molar refractivity (Wildman–Crippen MR) is 99.4 cm³/mol. The molecule has 0 aliphatic heterocycles. The highest BCUT2D eigenvalue weighted by Crippen LogP contribution is 2.34. The van der Waals surface area contributed by atoms with Crippen molar-refractivity contribution in [3.05, 3.63) is 55.3 Å². The van der Waals surface area contributed by atoms with Crippen molar-refractivity contribution < 1.29 is 4.79 Å². The minimum atomic E-state index is -0.636. The van der Waals surface area contributed by atoms with E-state index in [1.165, 1.54) is 5.56 Å². The van der Waals surface area contributed by atoms with Gasteiger partial charge in [-0.3, -0.25) is 4.79 Å². The van der Waals surface area contributed by atoms with Crippen molar-refractivity contribution in [2.75, 3.05) is 5.73 Å². The number of aromatic nitrogens is 1. The second-order valence-corrected chi connectivity index (χ2v) is 6.40. The Morgan fingerprint density at radius 2 is 1.75 bits per heavy atom. The molecule has 24 heavy (non-hydrogen) atoms. The molecular formula is C16H15Cl3N4O. The number of rotatable bonds is 3. The van der Waals surface area contributed by atoms with Crippen LogP contribution in [0.3, 0.4) is 0 Å². The second kappa shape index (κ2) is 7.38. The van der Waals surface area contributed by atoms with E-state index in [0.29, 0.717) is 0 Å². The van der Waals surface area contributed by atoms with Gasteiger partial charge in [0, 0.05) is 0 Å². The quantitative estimate of drug-likeness (QED) is 0.469. The van der Waals surface area contributed by atoms with Crippen LogP contribution >= 0.6 is 34.8 Å². The van der Waals surface area contributed by atoms with Gasteiger partial charge in [-0.05, 0) is 49.1 Å². The first kappa shape index (κ1) is 18.5. The molecule has 0 saturated carbocycles. The topological polar surface area (TPSA) is 80.4 Å². The van der Waals surface area contributed by atoms with Crippen LogP contribution in [0.15, 0.2) is 17.2 Å². The van der Waals surface area contributed by atoms with Crippen molar-refractivity contribution in [2.45, 2.75) is 20.8 Å². The lowest BCUT2D eigenvalue weighted by Gasteiger charge is -2.08. The van der Waals surface area contributed by atoms with Crippen molar-refractivity contribution in [3.63, 3.8) is 0 Å². The third-order valence-electron chi connectivity index (χ3n) is 3.54. The van der Waals surface area contributed by atoms with E-state index in [-0.39, 0.29) is 26.6 Å². The average Bonchev–Trinajstić information content (AvgIpc) is 2.53. The molecule has 3 N–H and O–H groups in total. The third-order valence-corrected chi connectivity index (χ3v) is 4.67. The van der Waals surface area contributed by atoms with E-state index in [4.69, 9.17) is 40.5 Å². The molecule has 1 amide bonds. The number of nitrogen functional groups attached to an aromatic ring is 1. The van der Waals surface area contributed by atoms with E-state index in [1.807, 2.05) is 26.8 Å². The van der Waals surface area contributed by atoms with Crippen molar-refractivity contribution in [1.29, 1.82) is 0 Å². The summed E-state index contributed by atoms with van der Waals surface area (Å²) in [6.07, 6.45) is 1.55. The van der Waals surface area contributed by atoms with Crippen LogP contribution in [0.2, 0.25) is 15.2 Å². The zero-order valence-electron chi connectivity index (χ0n) is 13.2. The Balaban J connectivity index is 2.21. The molecule has 1 aromatic heterocycles. The standard InChI is InChI=1S/C16H15Cl3N4O/c1-7-4-9(3)10(5-8(7)2)6-21-23-16(24)14-11(17)13(20)12(18)15(19)22-14/h4-6H,1-3H3,(H2,20,22)(H,23,24)/b21-6-. The molecule has 126 valence electrons. The number of aryl methyl sites for hydroxylation is 3. The van der Waals surface area contributed by atoms with E-state index in [0.717, 1.165) is 16.7 Å². The van der Waals surface area contributed by atoms with Crippen LogP contribution in [0.25, 0.3) is 0 Å². The van der Waals surface area contributed by atoms with Crippen LogP contribution in [0.4, 0.5) is 5.69 Å². The second-order valence-electron chi connectivity index (χ2n) is 5.29. The van der Waals surface area contributed by atoms with Gasteiger partial charge >= 0.3 is 0 Å². The monoisotopic (exact) mass is 384 g/mol. The summed E-state index contributed by atoms with van der Waals surface area (Å²) in [7, 11) is 0. The summed E-state index contributed by atoms with van der Waals surface area (Å²) in [4.78, 5) is 16.0. The van der Waals surface area contributed by atoms with Gasteiger partial charge in [-0.2, -0.15) is 5.10 Å². The maximum absolute atomic E-state index is 12.1. The van der Waals surface area contributed by atoms with Gasteiger partial charge in [-0.1, -0.05) is 40.9 Å². The molecule has 1 heterocycles. The predicted octanol–water partition coefficient (Wildman–Crippen LogP) is 4.31. The molecule has 5 nitrogen and oxygen atoms in total. The molecule has 0 saturated heterocycles. The Kier molecular flexibility index (Phi) is 5.70. The number of nitrogens with two attached hydrogens (primary N) is 1. The molecule has 2 aromatic rings. The molecule has 0 aliphatic carbocycles. The third kappa shape index (κ3) is 3.80. The number of nitrogens with zero attached hydrogens (tertiary/aromatic N) is 2. The van der Waals surface area contributed by atoms with Crippen LogP contribution in [0, 0.1) is 20.8 Å². The number of hydrogen-bond donors (Lipinski definition) is 2. The first-order valence-corrected chi connectivity index (χ1v) is 8.07. The molecule has 0 atom stereocenters. The van der Waals surface area contributed by atoms with Gasteiger partial charge < -0.3 is 5.73 Å². The summed E-state index contributed by atoms with van der Waals surface area (Å²) in [6.45, 7) is 6.01. The zero-order valence-corrected chi connectivity index (χ0v) is 15.5. The summed E-state index contributed by atoms with van der Waals surface area (Å²) in [5, 5.41) is 3.77. The number of halogens is 3. The van der Waals surface area contributed by atoms with Crippen LogP contribution in [0.1, 0.15) is 32.7 Å². The number of amides is 1. The smallest absolute Gasteiger partial charge is 0.291 e. The lowest BCUT2D eigenvalue weighted by molar-refractivity contribution is 0.0950. The van der Waals surface area contributed by atoms with Crippen molar-refractivity contribution in [3.8, 4) is 0 Å².